The number of hydrogen-bond donors (Lipinski definition) is 0. The Labute approximate surface area is 241 Å². The molecule has 4 bridgehead atoms. The van der Waals surface area contributed by atoms with Crippen molar-refractivity contribution in [1.29, 1.82) is 0 Å². The van der Waals surface area contributed by atoms with Crippen LogP contribution in [0.3, 0.4) is 0 Å². The van der Waals surface area contributed by atoms with Crippen molar-refractivity contribution >= 4 is 22.7 Å². The van der Waals surface area contributed by atoms with E-state index in [2.05, 4.69) is 10.1 Å². The van der Waals surface area contributed by atoms with E-state index >= 15 is 0 Å². The molecule has 11 rings (SSSR count). The summed E-state index contributed by atoms with van der Waals surface area (Å²) >= 11 is 0. The molecule has 1 amide bonds. The van der Waals surface area contributed by atoms with E-state index in [-0.39, 0.29) is 22.6 Å². The summed E-state index contributed by atoms with van der Waals surface area (Å²) in [6.07, 6.45) is 9.12. The van der Waals surface area contributed by atoms with E-state index in [1.54, 1.807) is 6.07 Å². The van der Waals surface area contributed by atoms with Gasteiger partial charge in [-0.15, -0.1) is 0 Å². The fraction of sp³-hybridized carbons (Fsp3) is 0.515. The van der Waals surface area contributed by atoms with Gasteiger partial charge in [-0.3, -0.25) is 4.79 Å². The lowest BCUT2D eigenvalue weighted by Gasteiger charge is -2.65. The average molecular weight is 571 g/mol. The van der Waals surface area contributed by atoms with Gasteiger partial charge in [0.15, 0.2) is 11.4 Å². The minimum Gasteiger partial charge on any atom is -0.436 e. The summed E-state index contributed by atoms with van der Waals surface area (Å²) in [6, 6.07) is 11.9. The van der Waals surface area contributed by atoms with Crippen molar-refractivity contribution in [3.05, 3.63) is 60.0 Å². The molecule has 7 fully saturated rings. The number of alkyl halides is 1. The molecule has 7 nitrogen and oxygen atoms in total. The van der Waals surface area contributed by atoms with E-state index in [1.165, 1.54) is 12.1 Å². The van der Waals surface area contributed by atoms with Crippen molar-refractivity contribution in [2.75, 3.05) is 11.4 Å². The Morgan fingerprint density at radius 3 is 2.45 bits per heavy atom. The van der Waals surface area contributed by atoms with Crippen molar-refractivity contribution in [3.8, 4) is 11.5 Å². The molecule has 42 heavy (non-hydrogen) atoms. The molecule has 0 unspecified atom stereocenters. The number of hydrogen-bond acceptors (Lipinski definition) is 6. The van der Waals surface area contributed by atoms with Crippen LogP contribution in [-0.2, 0) is 10.2 Å². The second-order valence-electron chi connectivity index (χ2n) is 14.0. The Bertz CT molecular complexity index is 1710. The standard InChI is InChI=1S/C33H32F2N4O3/c34-22-6-7-25-24(15-22)36-27(41-25)21-2-1-3-23(14-21)39(29(40)32-16-33(35,17-32)18-32)19-30-8-11-31(12-9-30,13-10-30)28-37-26(38-42-28)20-4-5-20/h1-3,6-7,14-15,20H,4-5,8-13,16-19H2. The average Bonchev–Trinajstić information content (AvgIpc) is 3.54. The predicted octanol–water partition coefficient (Wildman–Crippen LogP) is 7.41. The SMILES string of the molecule is O=C(N(CC12CCC(c3nc(C4CC4)no3)(CC1)CC2)c1cccc(-c2nc3cc(F)ccc3o2)c1)C12CC(F)(C1)C2. The molecule has 0 spiro atoms. The Balaban J connectivity index is 1.02. The van der Waals surface area contributed by atoms with Crippen LogP contribution in [0.5, 0.6) is 0 Å². The van der Waals surface area contributed by atoms with Gasteiger partial charge in [-0.2, -0.15) is 4.98 Å². The van der Waals surface area contributed by atoms with Crippen LogP contribution in [0, 0.1) is 16.6 Å². The third-order valence-electron chi connectivity index (χ3n) is 11.2. The molecule has 7 saturated carbocycles. The summed E-state index contributed by atoms with van der Waals surface area (Å²) in [6.45, 7) is 0.600. The molecule has 0 radical (unpaired) electrons. The van der Waals surface area contributed by atoms with Gasteiger partial charge in [0.1, 0.15) is 17.0 Å². The van der Waals surface area contributed by atoms with Crippen LogP contribution < -0.4 is 4.90 Å². The van der Waals surface area contributed by atoms with Gasteiger partial charge in [0, 0.05) is 35.2 Å². The van der Waals surface area contributed by atoms with Crippen LogP contribution in [0.4, 0.5) is 14.5 Å². The second-order valence-corrected chi connectivity index (χ2v) is 14.0. The van der Waals surface area contributed by atoms with E-state index in [0.29, 0.717) is 54.3 Å². The van der Waals surface area contributed by atoms with Gasteiger partial charge in [0.05, 0.1) is 5.41 Å². The number of aromatic nitrogens is 3. The summed E-state index contributed by atoms with van der Waals surface area (Å²) in [4.78, 5) is 25.5. The van der Waals surface area contributed by atoms with Crippen molar-refractivity contribution in [2.24, 2.45) is 10.8 Å². The molecule has 2 aromatic heterocycles. The Morgan fingerprint density at radius 1 is 0.976 bits per heavy atom. The fourth-order valence-electron chi connectivity index (χ4n) is 8.40. The third kappa shape index (κ3) is 3.67. The highest BCUT2D eigenvalue weighted by Gasteiger charge is 2.73. The van der Waals surface area contributed by atoms with Gasteiger partial charge in [-0.25, -0.2) is 13.8 Å². The maximum Gasteiger partial charge on any atom is 0.233 e. The number of oxazole rings is 1. The lowest BCUT2D eigenvalue weighted by molar-refractivity contribution is -0.211. The van der Waals surface area contributed by atoms with Gasteiger partial charge in [0.2, 0.25) is 17.7 Å². The van der Waals surface area contributed by atoms with Crippen molar-refractivity contribution < 1.29 is 22.5 Å². The Morgan fingerprint density at radius 2 is 1.74 bits per heavy atom. The number of benzene rings is 2. The number of anilines is 1. The van der Waals surface area contributed by atoms with Gasteiger partial charge < -0.3 is 13.8 Å². The van der Waals surface area contributed by atoms with Crippen molar-refractivity contribution in [1.82, 2.24) is 15.1 Å². The molecule has 9 heteroatoms. The molecule has 0 saturated heterocycles. The second kappa shape index (κ2) is 8.26. The predicted molar refractivity (Wildman–Crippen MR) is 150 cm³/mol. The maximum atomic E-state index is 14.6. The fourth-order valence-corrected chi connectivity index (χ4v) is 8.40. The molecule has 0 aliphatic heterocycles. The van der Waals surface area contributed by atoms with Crippen LogP contribution >= 0.6 is 0 Å². The Hall–Kier alpha value is -3.62. The van der Waals surface area contributed by atoms with E-state index in [4.69, 9.17) is 13.9 Å². The molecule has 216 valence electrons. The highest BCUT2D eigenvalue weighted by atomic mass is 19.1. The zero-order chi connectivity index (χ0) is 28.3. The smallest absolute Gasteiger partial charge is 0.233 e. The summed E-state index contributed by atoms with van der Waals surface area (Å²) in [5, 5.41) is 4.30. The van der Waals surface area contributed by atoms with E-state index in [0.717, 1.165) is 68.8 Å². The zero-order valence-corrected chi connectivity index (χ0v) is 23.4. The van der Waals surface area contributed by atoms with Crippen LogP contribution in [0.1, 0.15) is 88.3 Å². The minimum atomic E-state index is -1.16. The molecule has 0 N–H and O–H groups in total. The first-order valence-electron chi connectivity index (χ1n) is 15.3. The summed E-state index contributed by atoms with van der Waals surface area (Å²) in [5.74, 6) is 2.17. The largest absolute Gasteiger partial charge is 0.436 e. The van der Waals surface area contributed by atoms with Crippen LogP contribution in [0.25, 0.3) is 22.6 Å². The maximum absolute atomic E-state index is 14.6. The number of nitrogens with zero attached hydrogens (tertiary/aromatic N) is 4. The highest BCUT2D eigenvalue weighted by Crippen LogP contribution is 2.70. The molecule has 4 aromatic rings. The first-order valence-corrected chi connectivity index (χ1v) is 15.3. The van der Waals surface area contributed by atoms with Crippen LogP contribution in [0.15, 0.2) is 51.4 Å². The third-order valence-corrected chi connectivity index (χ3v) is 11.2. The number of rotatable bonds is 7. The molecule has 7 aliphatic carbocycles. The van der Waals surface area contributed by atoms with E-state index in [1.807, 2.05) is 29.2 Å². The molecular formula is C33H32F2N4O3. The lowest BCUT2D eigenvalue weighted by Crippen LogP contribution is -2.71. The van der Waals surface area contributed by atoms with Gasteiger partial charge in [-0.05, 0) is 106 Å². The summed E-state index contributed by atoms with van der Waals surface area (Å²) in [5.41, 5.74) is 0.614. The van der Waals surface area contributed by atoms with Gasteiger partial charge in [0.25, 0.3) is 0 Å². The summed E-state index contributed by atoms with van der Waals surface area (Å²) < 4.78 is 40.1. The van der Waals surface area contributed by atoms with Crippen LogP contribution in [-0.4, -0.2) is 33.2 Å². The molecule has 0 atom stereocenters. The summed E-state index contributed by atoms with van der Waals surface area (Å²) in [7, 11) is 0. The number of fused-ring (bicyclic) bond motifs is 4. The van der Waals surface area contributed by atoms with E-state index < -0.39 is 11.1 Å². The first kappa shape index (κ1) is 24.9. The quantitative estimate of drug-likeness (QED) is 0.230. The molecule has 7 aliphatic rings. The van der Waals surface area contributed by atoms with Gasteiger partial charge >= 0.3 is 0 Å². The van der Waals surface area contributed by atoms with Crippen molar-refractivity contribution in [3.63, 3.8) is 0 Å². The zero-order valence-electron chi connectivity index (χ0n) is 23.4. The van der Waals surface area contributed by atoms with E-state index in [9.17, 15) is 13.6 Å². The number of halogens is 2. The monoisotopic (exact) mass is 570 g/mol. The van der Waals surface area contributed by atoms with Crippen LogP contribution in [0.2, 0.25) is 0 Å². The normalized spacial score (nSPS) is 32.9. The minimum absolute atomic E-state index is 0.0150. The molecule has 2 heterocycles. The highest BCUT2D eigenvalue weighted by molar-refractivity contribution is 6.00. The van der Waals surface area contributed by atoms with Gasteiger partial charge in [-0.1, -0.05) is 11.2 Å². The number of carbonyl (C=O) groups is 1. The van der Waals surface area contributed by atoms with Crippen molar-refractivity contribution in [2.45, 2.75) is 87.6 Å². The number of carbonyl (C=O) groups excluding carboxylic acids is 1. The number of amides is 1. The first-order chi connectivity index (χ1) is 20.3. The topological polar surface area (TPSA) is 85.3 Å². The molecular weight excluding hydrogens is 538 g/mol. The lowest BCUT2D eigenvalue weighted by atomic mass is 9.41. The molecule has 2 aromatic carbocycles. The Kier molecular flexibility index (Phi) is 4.90.